The molecule has 2 heterocycles. The molecule has 10 heteroatoms. The summed E-state index contributed by atoms with van der Waals surface area (Å²) in [5.74, 6) is -2.85. The molecule has 0 saturated heterocycles. The van der Waals surface area contributed by atoms with E-state index in [0.29, 0.717) is 12.0 Å². The van der Waals surface area contributed by atoms with Crippen LogP contribution < -0.4 is 10.1 Å². The highest BCUT2D eigenvalue weighted by atomic mass is 19.4. The van der Waals surface area contributed by atoms with Crippen LogP contribution in [0.4, 0.5) is 23.2 Å². The Morgan fingerprint density at radius 1 is 1.18 bits per heavy atom. The smallest absolute Gasteiger partial charge is 0.416 e. The van der Waals surface area contributed by atoms with Crippen LogP contribution in [0, 0.1) is 5.82 Å². The zero-order valence-corrected chi connectivity index (χ0v) is 17.6. The number of amides is 1. The summed E-state index contributed by atoms with van der Waals surface area (Å²) in [6, 6.07) is 8.29. The third-order valence-electron chi connectivity index (χ3n) is 5.66. The molecule has 1 aliphatic heterocycles. The maximum Gasteiger partial charge on any atom is 0.416 e. The number of hydrogen-bond acceptors (Lipinski definition) is 4. The zero-order valence-electron chi connectivity index (χ0n) is 17.6. The number of nitrogens with one attached hydrogen (secondary N) is 1. The second kappa shape index (κ2) is 8.34. The number of halogens is 4. The van der Waals surface area contributed by atoms with Gasteiger partial charge in [-0.3, -0.25) is 14.3 Å². The van der Waals surface area contributed by atoms with Crippen LogP contribution in [0.3, 0.4) is 0 Å². The standard InChI is InChI=1S/C23H19F4N3O3/c1-12-10-16(13-6-8-14(9-7-13)23(25,26)27)21(31)20-17(11-28-30(12)20)29-22(32)15-4-3-5-18(33-2)19(15)24/h3-9,11-12,16H,10H2,1-2H3,(H,29,32)/t12-,16?/m0/s1. The maximum absolute atomic E-state index is 14.5. The quantitative estimate of drug-likeness (QED) is 0.540. The number of ketones is 1. The average Bonchev–Trinajstić information content (AvgIpc) is 3.20. The van der Waals surface area contributed by atoms with E-state index in [1.165, 1.54) is 48.3 Å². The molecule has 0 aliphatic carbocycles. The van der Waals surface area contributed by atoms with Crippen LogP contribution in [-0.2, 0) is 6.18 Å². The van der Waals surface area contributed by atoms with E-state index in [0.717, 1.165) is 12.1 Å². The summed E-state index contributed by atoms with van der Waals surface area (Å²) in [7, 11) is 1.27. The van der Waals surface area contributed by atoms with Crippen molar-refractivity contribution >= 4 is 17.4 Å². The number of anilines is 1. The highest BCUT2D eigenvalue weighted by Crippen LogP contribution is 2.39. The van der Waals surface area contributed by atoms with E-state index in [4.69, 9.17) is 4.74 Å². The molecule has 2 aromatic carbocycles. The second-order valence-electron chi connectivity index (χ2n) is 7.75. The predicted octanol–water partition coefficient (Wildman–Crippen LogP) is 5.23. The Balaban J connectivity index is 1.64. The Bertz CT molecular complexity index is 1220. The fourth-order valence-corrected chi connectivity index (χ4v) is 3.97. The van der Waals surface area contributed by atoms with Crippen LogP contribution in [0.15, 0.2) is 48.7 Å². The molecule has 1 aromatic heterocycles. The fourth-order valence-electron chi connectivity index (χ4n) is 3.97. The number of ether oxygens (including phenoxy) is 1. The van der Waals surface area contributed by atoms with Gasteiger partial charge in [0.2, 0.25) is 0 Å². The number of rotatable bonds is 4. The number of hydrogen-bond donors (Lipinski definition) is 1. The Kier molecular flexibility index (Phi) is 5.69. The van der Waals surface area contributed by atoms with Gasteiger partial charge in [-0.05, 0) is 43.2 Å². The van der Waals surface area contributed by atoms with Crippen molar-refractivity contribution in [2.24, 2.45) is 0 Å². The molecule has 0 bridgehead atoms. The van der Waals surface area contributed by atoms with Crippen LogP contribution in [0.5, 0.6) is 5.75 Å². The monoisotopic (exact) mass is 461 g/mol. The largest absolute Gasteiger partial charge is 0.494 e. The average molecular weight is 461 g/mol. The number of nitrogens with zero attached hydrogens (tertiary/aromatic N) is 2. The summed E-state index contributed by atoms with van der Waals surface area (Å²) in [6.45, 7) is 1.81. The SMILES string of the molecule is COc1cccc(C(=O)Nc2cnn3c2C(=O)C(c2ccc(C(F)(F)F)cc2)C[C@@H]3C)c1F. The number of Topliss-reactive ketones (excluding diaryl/α,β-unsaturated/α-hetero) is 1. The number of fused-ring (bicyclic) bond motifs is 1. The third kappa shape index (κ3) is 4.08. The first-order valence-corrected chi connectivity index (χ1v) is 10.0. The fraction of sp³-hybridized carbons (Fsp3) is 0.261. The van der Waals surface area contributed by atoms with Gasteiger partial charge < -0.3 is 10.1 Å². The molecule has 2 atom stereocenters. The topological polar surface area (TPSA) is 73.2 Å². The lowest BCUT2D eigenvalue weighted by atomic mass is 9.84. The molecule has 4 rings (SSSR count). The van der Waals surface area contributed by atoms with Crippen LogP contribution in [-0.4, -0.2) is 28.6 Å². The highest BCUT2D eigenvalue weighted by molar-refractivity contribution is 6.10. The molecule has 0 spiro atoms. The summed E-state index contributed by atoms with van der Waals surface area (Å²) < 4.78 is 59.5. The Morgan fingerprint density at radius 3 is 2.52 bits per heavy atom. The van der Waals surface area contributed by atoms with Crippen molar-refractivity contribution in [3.63, 3.8) is 0 Å². The van der Waals surface area contributed by atoms with E-state index < -0.39 is 35.2 Å². The van der Waals surface area contributed by atoms with E-state index >= 15 is 0 Å². The number of carbonyl (C=O) groups excluding carboxylic acids is 2. The van der Waals surface area contributed by atoms with Gasteiger partial charge in [-0.25, -0.2) is 4.39 Å². The molecule has 3 aromatic rings. The molecule has 172 valence electrons. The molecule has 0 saturated carbocycles. The Hall–Kier alpha value is -3.69. The number of alkyl halides is 3. The van der Waals surface area contributed by atoms with Crippen molar-refractivity contribution in [2.45, 2.75) is 31.5 Å². The van der Waals surface area contributed by atoms with Gasteiger partial charge in [-0.1, -0.05) is 18.2 Å². The van der Waals surface area contributed by atoms with Gasteiger partial charge in [0.1, 0.15) is 5.69 Å². The lowest BCUT2D eigenvalue weighted by molar-refractivity contribution is -0.137. The van der Waals surface area contributed by atoms with Gasteiger partial charge in [0, 0.05) is 0 Å². The van der Waals surface area contributed by atoms with E-state index in [1.54, 1.807) is 0 Å². The Labute approximate surface area is 186 Å². The van der Waals surface area contributed by atoms with E-state index in [2.05, 4.69) is 10.4 Å². The molecular formula is C23H19F4N3O3. The second-order valence-corrected chi connectivity index (χ2v) is 7.75. The summed E-state index contributed by atoms with van der Waals surface area (Å²) in [5.41, 5.74) is -0.444. The molecule has 1 amide bonds. The van der Waals surface area contributed by atoms with Crippen LogP contribution in [0.1, 0.15) is 57.3 Å². The molecule has 1 unspecified atom stereocenters. The first-order valence-electron chi connectivity index (χ1n) is 10.0. The van der Waals surface area contributed by atoms with Crippen LogP contribution in [0.2, 0.25) is 0 Å². The van der Waals surface area contributed by atoms with Gasteiger partial charge in [-0.15, -0.1) is 0 Å². The predicted molar refractivity (Wildman–Crippen MR) is 111 cm³/mol. The molecule has 0 fully saturated rings. The number of methoxy groups -OCH3 is 1. The summed E-state index contributed by atoms with van der Waals surface area (Å²) in [4.78, 5) is 26.0. The van der Waals surface area contributed by atoms with Gasteiger partial charge in [-0.2, -0.15) is 18.3 Å². The van der Waals surface area contributed by atoms with Crippen LogP contribution in [0.25, 0.3) is 0 Å². The first kappa shape index (κ1) is 22.5. The number of aromatic nitrogens is 2. The van der Waals surface area contributed by atoms with Crippen molar-refractivity contribution in [3.8, 4) is 5.75 Å². The number of benzene rings is 2. The van der Waals surface area contributed by atoms with Gasteiger partial charge in [0.25, 0.3) is 5.91 Å². The molecular weight excluding hydrogens is 442 g/mol. The highest BCUT2D eigenvalue weighted by Gasteiger charge is 2.37. The van der Waals surface area contributed by atoms with Crippen molar-refractivity contribution in [1.82, 2.24) is 9.78 Å². The summed E-state index contributed by atoms with van der Waals surface area (Å²) >= 11 is 0. The third-order valence-corrected chi connectivity index (χ3v) is 5.66. The van der Waals surface area contributed by atoms with Gasteiger partial charge in [0.05, 0.1) is 42.1 Å². The molecule has 1 aliphatic rings. The Morgan fingerprint density at radius 2 is 1.88 bits per heavy atom. The normalized spacial score (nSPS) is 18.1. The minimum absolute atomic E-state index is 0.0932. The van der Waals surface area contributed by atoms with Gasteiger partial charge in [0.15, 0.2) is 17.3 Å². The van der Waals surface area contributed by atoms with E-state index in [-0.39, 0.29) is 28.7 Å². The van der Waals surface area contributed by atoms with Crippen molar-refractivity contribution in [2.75, 3.05) is 12.4 Å². The first-order chi connectivity index (χ1) is 15.6. The van der Waals surface area contributed by atoms with Crippen molar-refractivity contribution < 1.29 is 31.9 Å². The maximum atomic E-state index is 14.5. The van der Waals surface area contributed by atoms with Crippen molar-refractivity contribution in [1.29, 1.82) is 0 Å². The minimum atomic E-state index is -4.48. The molecule has 0 radical (unpaired) electrons. The molecule has 6 nitrogen and oxygen atoms in total. The van der Waals surface area contributed by atoms with E-state index in [9.17, 15) is 27.2 Å². The summed E-state index contributed by atoms with van der Waals surface area (Å²) in [5, 5.41) is 6.70. The zero-order chi connectivity index (χ0) is 23.9. The number of carbonyl (C=O) groups is 2. The summed E-state index contributed by atoms with van der Waals surface area (Å²) in [6.07, 6.45) is -2.85. The van der Waals surface area contributed by atoms with Gasteiger partial charge >= 0.3 is 6.18 Å². The molecule has 1 N–H and O–H groups in total. The lowest BCUT2D eigenvalue weighted by Crippen LogP contribution is -2.29. The lowest BCUT2D eigenvalue weighted by Gasteiger charge is -2.28. The van der Waals surface area contributed by atoms with Crippen molar-refractivity contribution in [3.05, 3.63) is 76.9 Å². The minimum Gasteiger partial charge on any atom is -0.494 e. The van der Waals surface area contributed by atoms with Crippen LogP contribution >= 0.6 is 0 Å². The van der Waals surface area contributed by atoms with E-state index in [1.807, 2.05) is 6.92 Å². The molecule has 33 heavy (non-hydrogen) atoms.